The topological polar surface area (TPSA) is 98.2 Å². The molecule has 0 heterocycles. The summed E-state index contributed by atoms with van der Waals surface area (Å²) in [5.74, 6) is -0.445. The predicted molar refractivity (Wildman–Crippen MR) is 78.4 cm³/mol. The second-order valence-corrected chi connectivity index (χ2v) is 5.63. The molecule has 5 nitrogen and oxygen atoms in total. The smallest absolute Gasteiger partial charge is 0.233 e. The van der Waals surface area contributed by atoms with Gasteiger partial charge in [-0.25, -0.2) is 0 Å². The van der Waals surface area contributed by atoms with E-state index in [2.05, 4.69) is 5.32 Å². The second-order valence-electron chi connectivity index (χ2n) is 5.19. The van der Waals surface area contributed by atoms with Crippen LogP contribution >= 0.6 is 12.2 Å². The van der Waals surface area contributed by atoms with E-state index in [-0.39, 0.29) is 18.2 Å². The fraction of sp³-hybridized carbons (Fsp3) is 0.769. The van der Waals surface area contributed by atoms with E-state index in [1.165, 1.54) is 0 Å². The van der Waals surface area contributed by atoms with Crippen molar-refractivity contribution in [3.63, 3.8) is 0 Å². The fourth-order valence-corrected chi connectivity index (χ4v) is 2.85. The van der Waals surface area contributed by atoms with Gasteiger partial charge in [-0.3, -0.25) is 9.59 Å². The Hall–Kier alpha value is -1.17. The molecule has 0 unspecified atom stereocenters. The third-order valence-corrected chi connectivity index (χ3v) is 4.14. The predicted octanol–water partition coefficient (Wildman–Crippen LogP) is 0.995. The largest absolute Gasteiger partial charge is 0.392 e. The Morgan fingerprint density at radius 3 is 2.16 bits per heavy atom. The molecule has 1 aliphatic carbocycles. The number of thiocarbonyl (C=S) groups is 1. The molecule has 0 atom stereocenters. The van der Waals surface area contributed by atoms with Gasteiger partial charge in [0.1, 0.15) is 0 Å². The molecular weight excluding hydrogens is 262 g/mol. The number of carbonyl (C=O) groups excluding carboxylic acids is 2. The lowest BCUT2D eigenvalue weighted by molar-refractivity contribution is -0.128. The zero-order valence-electron chi connectivity index (χ0n) is 11.2. The third kappa shape index (κ3) is 4.45. The van der Waals surface area contributed by atoms with E-state index >= 15 is 0 Å². The second kappa shape index (κ2) is 7.43. The molecule has 19 heavy (non-hydrogen) atoms. The molecule has 1 rings (SSSR count). The number of amides is 2. The molecule has 0 radical (unpaired) electrons. The van der Waals surface area contributed by atoms with Gasteiger partial charge in [0.25, 0.3) is 0 Å². The minimum absolute atomic E-state index is 0.0913. The lowest BCUT2D eigenvalue weighted by Gasteiger charge is -2.30. The van der Waals surface area contributed by atoms with Crippen LogP contribution in [0.4, 0.5) is 0 Å². The van der Waals surface area contributed by atoms with Gasteiger partial charge in [-0.15, -0.1) is 0 Å². The van der Waals surface area contributed by atoms with E-state index < -0.39 is 5.41 Å². The van der Waals surface area contributed by atoms with Crippen molar-refractivity contribution in [2.24, 2.45) is 16.9 Å². The fourth-order valence-electron chi connectivity index (χ4n) is 2.55. The molecule has 5 N–H and O–H groups in total. The van der Waals surface area contributed by atoms with Gasteiger partial charge in [0.05, 0.1) is 10.4 Å². The molecule has 2 amide bonds. The van der Waals surface area contributed by atoms with Crippen molar-refractivity contribution < 1.29 is 9.59 Å². The van der Waals surface area contributed by atoms with E-state index in [9.17, 15) is 9.59 Å². The lowest BCUT2D eigenvalue weighted by Crippen LogP contribution is -2.49. The molecule has 1 fully saturated rings. The highest BCUT2D eigenvalue weighted by Crippen LogP contribution is 2.35. The van der Waals surface area contributed by atoms with Crippen LogP contribution in [0, 0.1) is 5.41 Å². The highest BCUT2D eigenvalue weighted by Gasteiger charge is 2.41. The molecule has 0 aliphatic heterocycles. The summed E-state index contributed by atoms with van der Waals surface area (Å²) < 4.78 is 0. The van der Waals surface area contributed by atoms with Gasteiger partial charge in [-0.1, -0.05) is 37.9 Å². The number of hydrogen-bond acceptors (Lipinski definition) is 3. The molecule has 108 valence electrons. The molecule has 1 aliphatic rings. The van der Waals surface area contributed by atoms with Gasteiger partial charge in [0, 0.05) is 13.0 Å². The SMILES string of the molecule is NC(=O)CCCNC(=O)C1(C(N)=S)CCCCCC1. The number of carbonyl (C=O) groups is 2. The van der Waals surface area contributed by atoms with Gasteiger partial charge in [-0.05, 0) is 19.3 Å². The molecule has 6 heteroatoms. The van der Waals surface area contributed by atoms with Crippen molar-refractivity contribution in [2.75, 3.05) is 6.54 Å². The van der Waals surface area contributed by atoms with Crippen molar-refractivity contribution >= 4 is 29.0 Å². The normalized spacial score (nSPS) is 18.3. The quantitative estimate of drug-likeness (QED) is 0.385. The van der Waals surface area contributed by atoms with Crippen LogP contribution in [0.3, 0.4) is 0 Å². The lowest BCUT2D eigenvalue weighted by atomic mass is 9.79. The highest BCUT2D eigenvalue weighted by molar-refractivity contribution is 7.80. The Morgan fingerprint density at radius 1 is 1.11 bits per heavy atom. The summed E-state index contributed by atoms with van der Waals surface area (Å²) in [4.78, 5) is 23.3. The van der Waals surface area contributed by atoms with E-state index in [1.807, 2.05) is 0 Å². The summed E-state index contributed by atoms with van der Waals surface area (Å²) in [5.41, 5.74) is 10.2. The van der Waals surface area contributed by atoms with Crippen molar-refractivity contribution in [2.45, 2.75) is 51.4 Å². The molecular formula is C13H23N3O2S. The maximum Gasteiger partial charge on any atom is 0.233 e. The van der Waals surface area contributed by atoms with Crippen LogP contribution in [0.5, 0.6) is 0 Å². The van der Waals surface area contributed by atoms with Crippen LogP contribution in [-0.4, -0.2) is 23.3 Å². The number of nitrogens with two attached hydrogens (primary N) is 2. The first-order valence-electron chi connectivity index (χ1n) is 6.85. The zero-order valence-corrected chi connectivity index (χ0v) is 12.1. The first-order valence-corrected chi connectivity index (χ1v) is 7.26. The van der Waals surface area contributed by atoms with Crippen molar-refractivity contribution in [3.05, 3.63) is 0 Å². The maximum absolute atomic E-state index is 12.4. The summed E-state index contributed by atoms with van der Waals surface area (Å²) >= 11 is 5.13. The molecule has 0 spiro atoms. The summed E-state index contributed by atoms with van der Waals surface area (Å²) in [6.07, 6.45) is 6.49. The monoisotopic (exact) mass is 285 g/mol. The van der Waals surface area contributed by atoms with Crippen LogP contribution in [-0.2, 0) is 9.59 Å². The Kier molecular flexibility index (Phi) is 6.21. The van der Waals surface area contributed by atoms with Gasteiger partial charge in [-0.2, -0.15) is 0 Å². The molecule has 0 aromatic rings. The Morgan fingerprint density at radius 2 is 1.68 bits per heavy atom. The first kappa shape index (κ1) is 15.9. The average Bonchev–Trinajstić information content (AvgIpc) is 2.60. The molecule has 1 saturated carbocycles. The summed E-state index contributed by atoms with van der Waals surface area (Å²) in [5, 5.41) is 2.84. The number of rotatable bonds is 6. The number of hydrogen-bond donors (Lipinski definition) is 3. The minimum Gasteiger partial charge on any atom is -0.392 e. The van der Waals surface area contributed by atoms with Crippen LogP contribution in [0.2, 0.25) is 0 Å². The van der Waals surface area contributed by atoms with E-state index in [4.69, 9.17) is 23.7 Å². The minimum atomic E-state index is -0.696. The van der Waals surface area contributed by atoms with E-state index in [1.54, 1.807) is 0 Å². The van der Waals surface area contributed by atoms with Crippen LogP contribution in [0.15, 0.2) is 0 Å². The number of nitrogens with one attached hydrogen (secondary N) is 1. The standard InChI is InChI=1S/C13H23N3O2S/c14-10(17)6-5-9-16-12(18)13(11(15)19)7-3-1-2-4-8-13/h1-9H2,(H2,14,17)(H2,15,19)(H,16,18). The molecule has 0 aromatic carbocycles. The summed E-state index contributed by atoms with van der Waals surface area (Å²) in [6, 6.07) is 0. The third-order valence-electron chi connectivity index (χ3n) is 3.75. The van der Waals surface area contributed by atoms with Crippen LogP contribution < -0.4 is 16.8 Å². The van der Waals surface area contributed by atoms with Gasteiger partial charge < -0.3 is 16.8 Å². The van der Waals surface area contributed by atoms with Crippen LogP contribution in [0.1, 0.15) is 51.4 Å². The average molecular weight is 285 g/mol. The number of primary amides is 1. The van der Waals surface area contributed by atoms with Gasteiger partial charge in [0.2, 0.25) is 11.8 Å². The molecule has 0 bridgehead atoms. The zero-order chi connectivity index (χ0) is 14.3. The van der Waals surface area contributed by atoms with Crippen molar-refractivity contribution in [3.8, 4) is 0 Å². The van der Waals surface area contributed by atoms with E-state index in [0.717, 1.165) is 38.5 Å². The molecule has 0 saturated heterocycles. The highest BCUT2D eigenvalue weighted by atomic mass is 32.1. The Bertz CT molecular complexity index is 350. The summed E-state index contributed by atoms with van der Waals surface area (Å²) in [7, 11) is 0. The van der Waals surface area contributed by atoms with Crippen molar-refractivity contribution in [1.29, 1.82) is 0 Å². The Balaban J connectivity index is 2.57. The Labute approximate surface area is 119 Å². The first-order chi connectivity index (χ1) is 8.99. The molecule has 0 aromatic heterocycles. The summed E-state index contributed by atoms with van der Waals surface area (Å²) in [6.45, 7) is 0.437. The maximum atomic E-state index is 12.4. The van der Waals surface area contributed by atoms with Crippen LogP contribution in [0.25, 0.3) is 0 Å². The van der Waals surface area contributed by atoms with Gasteiger partial charge >= 0.3 is 0 Å². The van der Waals surface area contributed by atoms with Gasteiger partial charge in [0.15, 0.2) is 0 Å². The van der Waals surface area contributed by atoms with E-state index in [0.29, 0.717) is 18.0 Å². The van der Waals surface area contributed by atoms with Crippen molar-refractivity contribution in [1.82, 2.24) is 5.32 Å².